The molecule has 1 aromatic rings. The number of hydrazine groups is 1. The number of piperazine rings is 1. The van der Waals surface area contributed by atoms with Crippen LogP contribution < -0.4 is 10.1 Å². The molecule has 6 nitrogen and oxygen atoms in total. The molecule has 0 spiro atoms. The van der Waals surface area contributed by atoms with Crippen molar-refractivity contribution in [2.75, 3.05) is 40.3 Å². The van der Waals surface area contributed by atoms with Gasteiger partial charge in [0, 0.05) is 37.6 Å². The van der Waals surface area contributed by atoms with Gasteiger partial charge in [-0.25, -0.2) is 13.4 Å². The molecule has 0 bridgehead atoms. The van der Waals surface area contributed by atoms with Gasteiger partial charge < -0.3 is 10.2 Å². The monoisotopic (exact) mass is 382 g/mol. The Balaban J connectivity index is 2.10. The summed E-state index contributed by atoms with van der Waals surface area (Å²) in [6.45, 7) is 3.77. The molecule has 0 radical (unpaired) electrons. The van der Waals surface area contributed by atoms with E-state index >= 15 is 0 Å². The second kappa shape index (κ2) is 6.82. The van der Waals surface area contributed by atoms with Gasteiger partial charge in [-0.3, -0.25) is 0 Å². The van der Waals surface area contributed by atoms with Gasteiger partial charge in [0.25, 0.3) is 10.0 Å². The molecule has 1 saturated heterocycles. The summed E-state index contributed by atoms with van der Waals surface area (Å²) in [6.07, 6.45) is 0. The van der Waals surface area contributed by atoms with Crippen molar-refractivity contribution in [2.24, 2.45) is 0 Å². The van der Waals surface area contributed by atoms with Gasteiger partial charge in [0.05, 0.1) is 3.79 Å². The summed E-state index contributed by atoms with van der Waals surface area (Å²) in [5.74, 6) is 0. The van der Waals surface area contributed by atoms with Gasteiger partial charge in [-0.1, -0.05) is 0 Å². The van der Waals surface area contributed by atoms with E-state index in [1.165, 1.54) is 11.3 Å². The van der Waals surface area contributed by atoms with Crippen LogP contribution in [0.2, 0.25) is 0 Å². The van der Waals surface area contributed by atoms with Gasteiger partial charge in [0.15, 0.2) is 0 Å². The third-order valence-corrected chi connectivity index (χ3v) is 6.73. The van der Waals surface area contributed by atoms with Crippen molar-refractivity contribution < 1.29 is 8.42 Å². The Morgan fingerprint density at radius 2 is 2.00 bits per heavy atom. The molecular weight excluding hydrogens is 364 g/mol. The number of likely N-dealkylation sites (N-methyl/N-ethyl adjacent to an activating group) is 1. The maximum Gasteiger partial charge on any atom is 0.255 e. The SMILES string of the molecule is CNCc1cc(S(=O)(=O)NN2CCN(C)CC2)c(Br)s1. The molecule has 1 aromatic heterocycles. The zero-order chi connectivity index (χ0) is 14.8. The minimum Gasteiger partial charge on any atom is -0.315 e. The third kappa shape index (κ3) is 4.00. The molecule has 114 valence electrons. The summed E-state index contributed by atoms with van der Waals surface area (Å²) in [5.41, 5.74) is 0. The van der Waals surface area contributed by atoms with E-state index in [-0.39, 0.29) is 0 Å². The molecule has 1 aliphatic rings. The van der Waals surface area contributed by atoms with Gasteiger partial charge in [0.2, 0.25) is 0 Å². The first-order valence-corrected chi connectivity index (χ1v) is 9.40. The van der Waals surface area contributed by atoms with Crippen molar-refractivity contribution >= 4 is 37.3 Å². The molecule has 2 rings (SSSR count). The van der Waals surface area contributed by atoms with E-state index in [0.29, 0.717) is 28.3 Å². The Hall–Kier alpha value is -0.0300. The molecule has 0 atom stereocenters. The maximum atomic E-state index is 12.4. The zero-order valence-corrected chi connectivity index (χ0v) is 14.7. The predicted octanol–water partition coefficient (Wildman–Crippen LogP) is 0.671. The van der Waals surface area contributed by atoms with Crippen LogP contribution in [0.4, 0.5) is 0 Å². The Labute approximate surface area is 132 Å². The molecule has 1 aliphatic heterocycles. The second-order valence-corrected chi connectivity index (χ2v) is 8.85. The van der Waals surface area contributed by atoms with Crippen molar-refractivity contribution in [2.45, 2.75) is 11.4 Å². The van der Waals surface area contributed by atoms with Crippen molar-refractivity contribution in [1.82, 2.24) is 20.1 Å². The van der Waals surface area contributed by atoms with Gasteiger partial charge >= 0.3 is 0 Å². The average Bonchev–Trinajstić information content (AvgIpc) is 2.74. The van der Waals surface area contributed by atoms with E-state index in [4.69, 9.17) is 0 Å². The Morgan fingerprint density at radius 1 is 1.35 bits per heavy atom. The molecule has 9 heteroatoms. The lowest BCUT2D eigenvalue weighted by Gasteiger charge is -2.32. The molecule has 0 aromatic carbocycles. The first-order chi connectivity index (χ1) is 9.42. The van der Waals surface area contributed by atoms with Crippen molar-refractivity contribution in [3.63, 3.8) is 0 Å². The molecule has 1 fully saturated rings. The number of nitrogens with zero attached hydrogens (tertiary/aromatic N) is 2. The summed E-state index contributed by atoms with van der Waals surface area (Å²) in [7, 11) is 0.358. The van der Waals surface area contributed by atoms with Gasteiger partial charge in [-0.2, -0.15) is 0 Å². The van der Waals surface area contributed by atoms with Crippen molar-refractivity contribution in [3.05, 3.63) is 14.7 Å². The molecule has 20 heavy (non-hydrogen) atoms. The van der Waals surface area contributed by atoms with Crippen LogP contribution >= 0.6 is 27.3 Å². The van der Waals surface area contributed by atoms with Crippen molar-refractivity contribution in [1.29, 1.82) is 0 Å². The Bertz CT molecular complexity index is 553. The first kappa shape index (κ1) is 16.3. The normalized spacial score (nSPS) is 18.6. The minimum absolute atomic E-state index is 0.312. The van der Waals surface area contributed by atoms with E-state index in [9.17, 15) is 8.42 Å². The van der Waals surface area contributed by atoms with Crippen LogP contribution in [-0.2, 0) is 16.6 Å². The van der Waals surface area contributed by atoms with Crippen LogP contribution in [0.3, 0.4) is 0 Å². The standard InChI is InChI=1S/C11H19BrN4O2S2/c1-13-8-9-7-10(11(12)19-9)20(17,18)14-16-5-3-15(2)4-6-16/h7,13-14H,3-6,8H2,1-2H3. The highest BCUT2D eigenvalue weighted by Crippen LogP contribution is 2.31. The molecule has 2 N–H and O–H groups in total. The zero-order valence-electron chi connectivity index (χ0n) is 11.5. The Morgan fingerprint density at radius 3 is 2.60 bits per heavy atom. The molecule has 0 amide bonds. The summed E-state index contributed by atoms with van der Waals surface area (Å²) in [5, 5.41) is 4.78. The van der Waals surface area contributed by atoms with Gasteiger partial charge in [-0.05, 0) is 36.1 Å². The molecule has 0 aliphatic carbocycles. The topological polar surface area (TPSA) is 64.7 Å². The van der Waals surface area contributed by atoms with Gasteiger partial charge in [-0.15, -0.1) is 16.2 Å². The number of rotatable bonds is 5. The number of thiophene rings is 1. The van der Waals surface area contributed by atoms with E-state index in [1.54, 1.807) is 11.1 Å². The number of hydrogen-bond acceptors (Lipinski definition) is 6. The summed E-state index contributed by atoms with van der Waals surface area (Å²) in [4.78, 5) is 6.14. The smallest absolute Gasteiger partial charge is 0.255 e. The fraction of sp³-hybridized carbons (Fsp3) is 0.636. The number of hydrogen-bond donors (Lipinski definition) is 2. The van der Waals surface area contributed by atoms with Crippen LogP contribution in [0, 0.1) is 0 Å². The highest BCUT2D eigenvalue weighted by molar-refractivity contribution is 9.11. The molecule has 0 saturated carbocycles. The number of halogens is 1. The van der Waals surface area contributed by atoms with Crippen LogP contribution in [-0.4, -0.2) is 58.6 Å². The summed E-state index contributed by atoms with van der Waals surface area (Å²) < 4.78 is 25.5. The maximum absolute atomic E-state index is 12.4. The minimum atomic E-state index is -3.51. The molecule has 0 unspecified atom stereocenters. The quantitative estimate of drug-likeness (QED) is 0.783. The van der Waals surface area contributed by atoms with E-state index in [1.807, 2.05) is 14.1 Å². The van der Waals surface area contributed by atoms with E-state index in [0.717, 1.165) is 18.0 Å². The lowest BCUT2D eigenvalue weighted by atomic mass is 10.4. The summed E-state index contributed by atoms with van der Waals surface area (Å²) in [6, 6.07) is 1.71. The van der Waals surface area contributed by atoms with Crippen LogP contribution in [0.1, 0.15) is 4.88 Å². The van der Waals surface area contributed by atoms with E-state index in [2.05, 4.69) is 31.0 Å². The fourth-order valence-electron chi connectivity index (χ4n) is 1.96. The summed E-state index contributed by atoms with van der Waals surface area (Å²) >= 11 is 4.78. The fourth-order valence-corrected chi connectivity index (χ4v) is 5.78. The van der Waals surface area contributed by atoms with Gasteiger partial charge in [0.1, 0.15) is 4.90 Å². The Kier molecular flexibility index (Phi) is 5.57. The van der Waals surface area contributed by atoms with E-state index < -0.39 is 10.0 Å². The predicted molar refractivity (Wildman–Crippen MR) is 84.2 cm³/mol. The number of nitrogens with one attached hydrogen (secondary N) is 2. The highest BCUT2D eigenvalue weighted by Gasteiger charge is 2.25. The van der Waals surface area contributed by atoms with Crippen LogP contribution in [0.5, 0.6) is 0 Å². The largest absolute Gasteiger partial charge is 0.315 e. The average molecular weight is 383 g/mol. The van der Waals surface area contributed by atoms with Crippen molar-refractivity contribution in [3.8, 4) is 0 Å². The second-order valence-electron chi connectivity index (χ2n) is 4.77. The lowest BCUT2D eigenvalue weighted by molar-refractivity contribution is 0.135. The molecular formula is C11H19BrN4O2S2. The first-order valence-electron chi connectivity index (χ1n) is 6.31. The third-order valence-electron chi connectivity index (χ3n) is 3.10. The van der Waals surface area contributed by atoms with Crippen LogP contribution in [0.15, 0.2) is 14.7 Å². The molecule has 2 heterocycles. The lowest BCUT2D eigenvalue weighted by Crippen LogP contribution is -2.52. The number of sulfonamides is 1. The highest BCUT2D eigenvalue weighted by atomic mass is 79.9. The van der Waals surface area contributed by atoms with Crippen LogP contribution in [0.25, 0.3) is 0 Å².